The maximum absolute atomic E-state index is 15.4. The van der Waals surface area contributed by atoms with Crippen molar-refractivity contribution in [2.75, 3.05) is 94.8 Å². The fraction of sp³-hybridized carbons (Fsp3) is 0.753. The number of alkyl halides is 3. The molecule has 31 heteroatoms. The van der Waals surface area contributed by atoms with Crippen LogP contribution < -0.4 is 21.3 Å². The summed E-state index contributed by atoms with van der Waals surface area (Å²) in [4.78, 5) is 204. The second-order valence-electron chi connectivity index (χ2n) is 32.2. The van der Waals surface area contributed by atoms with Crippen LogP contribution in [0.15, 0.2) is 18.2 Å². The molecule has 108 heavy (non-hydrogen) atoms. The molecule has 5 aliphatic rings. The molecule has 0 bridgehead atoms. The van der Waals surface area contributed by atoms with E-state index in [0.29, 0.717) is 44.3 Å². The summed E-state index contributed by atoms with van der Waals surface area (Å²) in [6.07, 6.45) is 2.70. The Balaban J connectivity index is 1.41. The topological polar surface area (TPSA) is 308 Å². The molecular weight excluding hydrogens is 1420 g/mol. The number of piperidine rings is 1. The molecule has 0 aromatic heterocycles. The van der Waals surface area contributed by atoms with E-state index in [9.17, 15) is 41.9 Å². The van der Waals surface area contributed by atoms with Crippen LogP contribution in [0, 0.1) is 23.7 Å². The highest BCUT2D eigenvalue weighted by molar-refractivity contribution is 6.31. The molecular formula is C77H121ClF3N13O14. The number of amides is 13. The average molecular weight is 1550 g/mol. The number of rotatable bonds is 15. The predicted molar refractivity (Wildman–Crippen MR) is 399 cm³/mol. The number of likely N-dealkylation sites (N-methyl/N-ethyl adjacent to an activating group) is 6. The van der Waals surface area contributed by atoms with Gasteiger partial charge in [0.1, 0.15) is 61.0 Å². The Labute approximate surface area is 640 Å². The zero-order valence-corrected chi connectivity index (χ0v) is 67.0. The standard InChI is InChI=1S/C77H121ClF3N13O14/c1-16-49(6)65-74(106)90(14)60(45-108-46-62(96)85-76(7,8)9)73(105)94-39-34-56(94)71(103)88(12)58(42-50-26-19-17-20-27-50)70(102)86(10)44-61(95)83-54(33-31-51-30-32-52(53(78)41-51)77(79,80)81)69(101)93-38-25-28-55(93)67(99)82-35-22-21-29-63(97)91(15)66(48(4)5)75(107)89(13)59(72(104)92-36-23-18-24-37-92)43-64(98)87(11)57(40-47(2)3)68(100)84-65/h30,32,41,47-50,54-60,65-66H,16-29,31,33-40,42-46H2,1-15H3,(H,82,99)(H,83,95)(H,84,100)(H,85,96)/t49-,54-,55-,56-,57-,58-,59-,60-,65-,66-/m0/s1. The number of ether oxygens (including phenoxy) is 1. The van der Waals surface area contributed by atoms with Crippen LogP contribution in [0.5, 0.6) is 0 Å². The van der Waals surface area contributed by atoms with Gasteiger partial charge in [0.25, 0.3) is 0 Å². The van der Waals surface area contributed by atoms with Gasteiger partial charge in [-0.2, -0.15) is 13.2 Å². The lowest BCUT2D eigenvalue weighted by molar-refractivity contribution is -0.162. The fourth-order valence-electron chi connectivity index (χ4n) is 15.2. The third-order valence-corrected chi connectivity index (χ3v) is 22.3. The largest absolute Gasteiger partial charge is 0.417 e. The van der Waals surface area contributed by atoms with E-state index in [0.717, 1.165) is 60.5 Å². The van der Waals surface area contributed by atoms with Gasteiger partial charge in [-0.3, -0.25) is 62.3 Å². The molecule has 6 rings (SSSR count). The Hall–Kier alpha value is -7.63. The molecule has 13 amide bonds. The Morgan fingerprint density at radius 3 is 1.87 bits per heavy atom. The first-order chi connectivity index (χ1) is 50.7. The van der Waals surface area contributed by atoms with Gasteiger partial charge in [0.15, 0.2) is 0 Å². The third kappa shape index (κ3) is 24.2. The van der Waals surface area contributed by atoms with E-state index in [1.54, 1.807) is 53.4 Å². The van der Waals surface area contributed by atoms with Gasteiger partial charge < -0.3 is 70.1 Å². The van der Waals surface area contributed by atoms with Crippen LogP contribution in [0.2, 0.25) is 5.02 Å². The van der Waals surface area contributed by atoms with Gasteiger partial charge in [0.2, 0.25) is 76.8 Å². The molecule has 0 unspecified atom stereocenters. The van der Waals surface area contributed by atoms with E-state index in [1.165, 1.54) is 77.8 Å². The van der Waals surface area contributed by atoms with Crippen LogP contribution in [0.1, 0.15) is 195 Å². The number of halogens is 4. The molecule has 1 aromatic rings. The number of nitrogens with zero attached hydrogens (tertiary/aromatic N) is 9. The van der Waals surface area contributed by atoms with Crippen molar-refractivity contribution in [2.45, 2.75) is 257 Å². The number of fused-ring (bicyclic) bond motifs is 2. The summed E-state index contributed by atoms with van der Waals surface area (Å²) in [6, 6.07) is -8.23. The third-order valence-electron chi connectivity index (χ3n) is 22.0. The zero-order valence-electron chi connectivity index (χ0n) is 66.3. The SMILES string of the molecule is CC[C@H](C)[C@@H]1NC(=O)[C@H](CC(C)C)N(C)C(=O)C[C@@H](C(=O)N2CCCCC2)N(C)C(=O)[C@H](C(C)C)N(C)C(=O)CCCCNC(=O)[C@@H]2CCCN2C(=O)[C@H](CCc2ccc(C(F)(F)F)c(Cl)c2)NC(=O)CN(C)C(=O)[C@H](CC2CCCCC2)N(C)C(=O)[C@@H]2CCN2C(=O)[C@H](COCC(=O)NC(C)(C)C)N(C)C1=O. The summed E-state index contributed by atoms with van der Waals surface area (Å²) >= 11 is 6.13. The second kappa shape index (κ2) is 40.4. The number of benzene rings is 1. The molecule has 1 saturated carbocycles. The van der Waals surface area contributed by atoms with Crippen LogP contribution in [0.4, 0.5) is 13.2 Å². The van der Waals surface area contributed by atoms with Gasteiger partial charge in [-0.05, 0) is 139 Å². The maximum Gasteiger partial charge on any atom is 0.417 e. The highest BCUT2D eigenvalue weighted by Gasteiger charge is 2.48. The minimum atomic E-state index is -4.76. The molecule has 4 aliphatic heterocycles. The molecule has 0 spiro atoms. The summed E-state index contributed by atoms with van der Waals surface area (Å²) < 4.78 is 47.5. The van der Waals surface area contributed by atoms with Crippen molar-refractivity contribution in [3.63, 3.8) is 0 Å². The normalized spacial score (nSPS) is 26.0. The first-order valence-corrected chi connectivity index (χ1v) is 39.1. The maximum atomic E-state index is 15.4. The molecule has 1 aromatic carbocycles. The van der Waals surface area contributed by atoms with Gasteiger partial charge in [-0.1, -0.05) is 97.7 Å². The summed E-state index contributed by atoms with van der Waals surface area (Å²) in [5, 5.41) is 10.8. The minimum absolute atomic E-state index is 0.0221. The summed E-state index contributed by atoms with van der Waals surface area (Å²) in [6.45, 7) is 15.3. The first kappa shape index (κ1) is 89.3. The number of likely N-dealkylation sites (tertiary alicyclic amines) is 1. The van der Waals surface area contributed by atoms with E-state index in [1.807, 2.05) is 13.8 Å². The summed E-state index contributed by atoms with van der Waals surface area (Å²) in [7, 11) is 8.49. The molecule has 27 nitrogen and oxygen atoms in total. The monoisotopic (exact) mass is 1540 g/mol. The molecule has 0 radical (unpaired) electrons. The predicted octanol–water partition coefficient (Wildman–Crippen LogP) is 5.80. The molecule has 1 aliphatic carbocycles. The van der Waals surface area contributed by atoms with Gasteiger partial charge in [-0.15, -0.1) is 0 Å². The Morgan fingerprint density at radius 2 is 1.28 bits per heavy atom. The molecule has 4 saturated heterocycles. The van der Waals surface area contributed by atoms with E-state index in [2.05, 4.69) is 21.3 Å². The Bertz CT molecular complexity index is 3340. The van der Waals surface area contributed by atoms with E-state index in [-0.39, 0.29) is 89.3 Å². The van der Waals surface area contributed by atoms with Gasteiger partial charge in [0.05, 0.1) is 30.2 Å². The van der Waals surface area contributed by atoms with Gasteiger partial charge in [0, 0.05) is 87.0 Å². The van der Waals surface area contributed by atoms with Crippen molar-refractivity contribution in [2.24, 2.45) is 23.7 Å². The fourth-order valence-corrected chi connectivity index (χ4v) is 15.5. The highest BCUT2D eigenvalue weighted by atomic mass is 35.5. The lowest BCUT2D eigenvalue weighted by Gasteiger charge is -2.45. The van der Waals surface area contributed by atoms with Gasteiger partial charge >= 0.3 is 6.18 Å². The lowest BCUT2D eigenvalue weighted by atomic mass is 9.84. The van der Waals surface area contributed by atoms with E-state index in [4.69, 9.17) is 16.3 Å². The van der Waals surface area contributed by atoms with Crippen LogP contribution in [0.25, 0.3) is 0 Å². The van der Waals surface area contributed by atoms with Crippen LogP contribution >= 0.6 is 11.6 Å². The molecule has 5 fully saturated rings. The second-order valence-corrected chi connectivity index (χ2v) is 32.6. The molecule has 606 valence electrons. The van der Waals surface area contributed by atoms with E-state index < -0.39 is 191 Å². The Kier molecular flexibility index (Phi) is 33.4. The van der Waals surface area contributed by atoms with Crippen molar-refractivity contribution in [1.29, 1.82) is 0 Å². The quantitative estimate of drug-likeness (QED) is 0.161. The number of carbonyl (C=O) groups is 13. The number of carbonyl (C=O) groups excluding carboxylic acids is 13. The summed E-state index contributed by atoms with van der Waals surface area (Å²) in [5.74, 6) is -9.57. The van der Waals surface area contributed by atoms with Crippen molar-refractivity contribution >= 4 is 88.4 Å². The van der Waals surface area contributed by atoms with E-state index >= 15 is 33.6 Å². The lowest BCUT2D eigenvalue weighted by Crippen LogP contribution is -2.66. The molecule has 4 heterocycles. The van der Waals surface area contributed by atoms with Crippen molar-refractivity contribution < 1.29 is 80.2 Å². The van der Waals surface area contributed by atoms with Crippen molar-refractivity contribution in [3.8, 4) is 0 Å². The number of nitrogens with one attached hydrogen (secondary N) is 4. The highest BCUT2D eigenvalue weighted by Crippen LogP contribution is 2.36. The van der Waals surface area contributed by atoms with Crippen LogP contribution in [-0.2, 0) is 79.7 Å². The van der Waals surface area contributed by atoms with Crippen LogP contribution in [0.3, 0.4) is 0 Å². The first-order valence-electron chi connectivity index (χ1n) is 38.8. The number of hydrogen-bond donors (Lipinski definition) is 4. The van der Waals surface area contributed by atoms with Crippen molar-refractivity contribution in [3.05, 3.63) is 34.3 Å². The smallest absolute Gasteiger partial charge is 0.369 e. The van der Waals surface area contributed by atoms with Crippen LogP contribution in [-0.4, -0.2) is 276 Å². The summed E-state index contributed by atoms with van der Waals surface area (Å²) in [5.41, 5.74) is -1.43. The van der Waals surface area contributed by atoms with Crippen molar-refractivity contribution in [1.82, 2.24) is 65.4 Å². The van der Waals surface area contributed by atoms with Gasteiger partial charge in [-0.25, -0.2) is 0 Å². The Morgan fingerprint density at radius 1 is 0.639 bits per heavy atom. The molecule has 10 atom stereocenters. The number of aryl methyl sites for hydroxylation is 1. The number of hydrogen-bond acceptors (Lipinski definition) is 14. The average Bonchev–Trinajstić information content (AvgIpc) is 0.936. The minimum Gasteiger partial charge on any atom is -0.369 e. The molecule has 4 N–H and O–H groups in total. The zero-order chi connectivity index (χ0) is 80.4.